The fraction of sp³-hybridized carbons (Fsp3) is 0.296. The van der Waals surface area contributed by atoms with Crippen LogP contribution in [0.3, 0.4) is 0 Å². The van der Waals surface area contributed by atoms with Crippen LogP contribution in [0.1, 0.15) is 29.4 Å². The predicted octanol–water partition coefficient (Wildman–Crippen LogP) is 3.58. The third-order valence-corrected chi connectivity index (χ3v) is 6.04. The number of benzene rings is 1. The Bertz CT molecular complexity index is 1290. The second-order valence-electron chi connectivity index (χ2n) is 8.79. The number of nitrogens with zero attached hydrogens (tertiary/aromatic N) is 4. The standard InChI is InChI=1S/C27H30N4O4/c1-5-17-35-20-12-10-19(11-13-20)24-22(26(33)27(34)31(24)16-8-14-29(3)4)25(32)23-18(2)28-21-9-6-7-15-30(21)23/h5-7,9-13,15,24,32H,1,8,14,16-17H2,2-4H3. The van der Waals surface area contributed by atoms with Gasteiger partial charge in [0.2, 0.25) is 0 Å². The predicted molar refractivity (Wildman–Crippen MR) is 134 cm³/mol. The molecule has 0 aliphatic carbocycles. The van der Waals surface area contributed by atoms with E-state index in [2.05, 4.69) is 11.6 Å². The van der Waals surface area contributed by atoms with Crippen LogP contribution in [0.15, 0.2) is 66.9 Å². The van der Waals surface area contributed by atoms with Gasteiger partial charge in [0, 0.05) is 12.7 Å². The molecule has 2 aromatic heterocycles. The summed E-state index contributed by atoms with van der Waals surface area (Å²) in [5.74, 6) is -0.897. The van der Waals surface area contributed by atoms with E-state index in [9.17, 15) is 14.7 Å². The molecule has 1 aliphatic heterocycles. The molecule has 8 heteroatoms. The molecule has 3 heterocycles. The highest BCUT2D eigenvalue weighted by atomic mass is 16.5. The van der Waals surface area contributed by atoms with E-state index in [0.29, 0.717) is 47.9 Å². The van der Waals surface area contributed by atoms with Gasteiger partial charge in [-0.1, -0.05) is 30.9 Å². The normalized spacial score (nSPS) is 17.5. The molecule has 1 unspecified atom stereocenters. The van der Waals surface area contributed by atoms with E-state index in [1.54, 1.807) is 40.6 Å². The highest BCUT2D eigenvalue weighted by Gasteiger charge is 2.46. The van der Waals surface area contributed by atoms with Crippen LogP contribution in [0.5, 0.6) is 5.75 Å². The second kappa shape index (κ2) is 10.1. The lowest BCUT2D eigenvalue weighted by Gasteiger charge is -2.26. The average molecular weight is 475 g/mol. The first kappa shape index (κ1) is 24.2. The number of carbonyl (C=O) groups excluding carboxylic acids is 2. The summed E-state index contributed by atoms with van der Waals surface area (Å²) in [6.45, 7) is 6.94. The summed E-state index contributed by atoms with van der Waals surface area (Å²) in [6.07, 6.45) is 4.12. The molecule has 1 fully saturated rings. The van der Waals surface area contributed by atoms with Gasteiger partial charge in [0.1, 0.15) is 23.7 Å². The number of aryl methyl sites for hydroxylation is 1. The van der Waals surface area contributed by atoms with Gasteiger partial charge in [-0.3, -0.25) is 14.0 Å². The zero-order valence-corrected chi connectivity index (χ0v) is 20.3. The van der Waals surface area contributed by atoms with Gasteiger partial charge in [-0.25, -0.2) is 4.98 Å². The van der Waals surface area contributed by atoms with Crippen LogP contribution in [0, 0.1) is 6.92 Å². The van der Waals surface area contributed by atoms with Crippen molar-refractivity contribution in [2.45, 2.75) is 19.4 Å². The van der Waals surface area contributed by atoms with Gasteiger partial charge in [0.05, 0.1) is 17.3 Å². The van der Waals surface area contributed by atoms with Gasteiger partial charge in [-0.05, 0) is 63.8 Å². The maximum absolute atomic E-state index is 13.3. The number of likely N-dealkylation sites (tertiary alicyclic amines) is 1. The zero-order chi connectivity index (χ0) is 25.1. The van der Waals surface area contributed by atoms with Gasteiger partial charge in [-0.2, -0.15) is 0 Å². The van der Waals surface area contributed by atoms with Crippen molar-refractivity contribution in [1.82, 2.24) is 19.2 Å². The molecule has 8 nitrogen and oxygen atoms in total. The number of hydrogen-bond donors (Lipinski definition) is 1. The summed E-state index contributed by atoms with van der Waals surface area (Å²) in [6, 6.07) is 12.0. The van der Waals surface area contributed by atoms with Crippen molar-refractivity contribution in [3.8, 4) is 5.75 Å². The summed E-state index contributed by atoms with van der Waals surface area (Å²) >= 11 is 0. The first-order valence-electron chi connectivity index (χ1n) is 11.5. The van der Waals surface area contributed by atoms with Gasteiger partial charge >= 0.3 is 0 Å². The molecule has 1 aromatic carbocycles. The molecule has 3 aromatic rings. The van der Waals surface area contributed by atoms with Crippen LogP contribution in [0.2, 0.25) is 0 Å². The number of aliphatic hydroxyl groups excluding tert-OH is 1. The lowest BCUT2D eigenvalue weighted by Crippen LogP contribution is -2.32. The number of pyridine rings is 1. The Balaban J connectivity index is 1.83. The Hall–Kier alpha value is -3.91. The molecular formula is C27H30N4O4. The van der Waals surface area contributed by atoms with Crippen molar-refractivity contribution >= 4 is 23.1 Å². The monoisotopic (exact) mass is 474 g/mol. The Labute approximate surface area is 204 Å². The van der Waals surface area contributed by atoms with Crippen molar-refractivity contribution in [3.63, 3.8) is 0 Å². The number of fused-ring (bicyclic) bond motifs is 1. The Kier molecular flexibility index (Phi) is 7.02. The van der Waals surface area contributed by atoms with Gasteiger partial charge in [0.15, 0.2) is 5.76 Å². The minimum absolute atomic E-state index is 0.0633. The lowest BCUT2D eigenvalue weighted by molar-refractivity contribution is -0.139. The van der Waals surface area contributed by atoms with E-state index in [0.717, 1.165) is 6.54 Å². The number of aliphatic hydroxyl groups is 1. The maximum atomic E-state index is 13.3. The van der Waals surface area contributed by atoms with E-state index in [4.69, 9.17) is 4.74 Å². The molecule has 4 rings (SSSR count). The fourth-order valence-corrected chi connectivity index (χ4v) is 4.44. The highest BCUT2D eigenvalue weighted by molar-refractivity contribution is 6.46. The molecule has 0 radical (unpaired) electrons. The van der Waals surface area contributed by atoms with Crippen molar-refractivity contribution in [3.05, 3.63) is 83.8 Å². The van der Waals surface area contributed by atoms with Crippen LogP contribution in [0.4, 0.5) is 0 Å². The minimum atomic E-state index is -0.723. The molecule has 0 spiro atoms. The summed E-state index contributed by atoms with van der Waals surface area (Å²) in [5, 5.41) is 11.5. The SMILES string of the molecule is C=CCOc1ccc(C2C(=C(O)c3c(C)nc4ccccn34)C(=O)C(=O)N2CCCN(C)C)cc1. The van der Waals surface area contributed by atoms with Crippen molar-refractivity contribution < 1.29 is 19.4 Å². The number of ether oxygens (including phenoxy) is 1. The smallest absolute Gasteiger partial charge is 0.295 e. The summed E-state index contributed by atoms with van der Waals surface area (Å²) < 4.78 is 7.32. The van der Waals surface area contributed by atoms with E-state index in [-0.39, 0.29) is 11.3 Å². The number of imidazole rings is 1. The molecule has 1 saturated heterocycles. The van der Waals surface area contributed by atoms with Crippen LogP contribution < -0.4 is 4.74 Å². The van der Waals surface area contributed by atoms with Gasteiger partial charge in [0.25, 0.3) is 11.7 Å². The number of carbonyl (C=O) groups is 2. The molecule has 182 valence electrons. The second-order valence-corrected chi connectivity index (χ2v) is 8.79. The number of Topliss-reactive ketones (excluding diaryl/α,β-unsaturated/α-hetero) is 1. The molecule has 0 saturated carbocycles. The van der Waals surface area contributed by atoms with E-state index in [1.165, 1.54) is 0 Å². The average Bonchev–Trinajstić information content (AvgIpc) is 3.31. The van der Waals surface area contributed by atoms with Crippen LogP contribution in [-0.4, -0.2) is 69.8 Å². The van der Waals surface area contributed by atoms with Crippen LogP contribution in [-0.2, 0) is 9.59 Å². The number of amides is 1. The van der Waals surface area contributed by atoms with E-state index < -0.39 is 17.7 Å². The first-order valence-corrected chi connectivity index (χ1v) is 11.5. The zero-order valence-electron chi connectivity index (χ0n) is 20.3. The van der Waals surface area contributed by atoms with Gasteiger partial charge in [-0.15, -0.1) is 0 Å². The summed E-state index contributed by atoms with van der Waals surface area (Å²) in [4.78, 5) is 34.6. The summed E-state index contributed by atoms with van der Waals surface area (Å²) in [7, 11) is 3.92. The third-order valence-electron chi connectivity index (χ3n) is 6.04. The Morgan fingerprint density at radius 1 is 1.20 bits per heavy atom. The number of rotatable bonds is 9. The van der Waals surface area contributed by atoms with Crippen molar-refractivity contribution in [2.24, 2.45) is 0 Å². The maximum Gasteiger partial charge on any atom is 0.295 e. The first-order chi connectivity index (χ1) is 16.8. The molecule has 35 heavy (non-hydrogen) atoms. The molecule has 1 aliphatic rings. The molecule has 0 bridgehead atoms. The molecule has 1 N–H and O–H groups in total. The molecule has 1 amide bonds. The minimum Gasteiger partial charge on any atom is -0.505 e. The Morgan fingerprint density at radius 3 is 2.63 bits per heavy atom. The topological polar surface area (TPSA) is 87.4 Å². The quantitative estimate of drug-likeness (QED) is 0.221. The Morgan fingerprint density at radius 2 is 1.94 bits per heavy atom. The van der Waals surface area contributed by atoms with Gasteiger partial charge < -0.3 is 19.6 Å². The number of aromatic nitrogens is 2. The highest BCUT2D eigenvalue weighted by Crippen LogP contribution is 2.40. The largest absolute Gasteiger partial charge is 0.505 e. The molecule has 1 atom stereocenters. The lowest BCUT2D eigenvalue weighted by atomic mass is 9.96. The third kappa shape index (κ3) is 4.70. The number of ketones is 1. The fourth-order valence-electron chi connectivity index (χ4n) is 4.44. The molecular weight excluding hydrogens is 444 g/mol. The van der Waals surface area contributed by atoms with Crippen LogP contribution >= 0.6 is 0 Å². The van der Waals surface area contributed by atoms with E-state index >= 15 is 0 Å². The van der Waals surface area contributed by atoms with Crippen LogP contribution in [0.25, 0.3) is 11.4 Å². The summed E-state index contributed by atoms with van der Waals surface area (Å²) in [5.41, 5.74) is 2.40. The number of hydrogen-bond acceptors (Lipinski definition) is 6. The van der Waals surface area contributed by atoms with Crippen molar-refractivity contribution in [2.75, 3.05) is 33.8 Å². The van der Waals surface area contributed by atoms with Crippen molar-refractivity contribution in [1.29, 1.82) is 0 Å². The van der Waals surface area contributed by atoms with E-state index in [1.807, 2.05) is 49.3 Å².